The molecule has 0 radical (unpaired) electrons. The Labute approximate surface area is 223 Å². The molecule has 0 rings (SSSR count). The van der Waals surface area contributed by atoms with E-state index in [1.807, 2.05) is 13.8 Å². The normalized spacial score (nSPS) is 12.3. The fourth-order valence-corrected chi connectivity index (χ4v) is 4.22. The molecule has 0 saturated carbocycles. The lowest BCUT2D eigenvalue weighted by molar-refractivity contribution is -0.149. The summed E-state index contributed by atoms with van der Waals surface area (Å²) in [5.74, 6) is 5.59. The van der Waals surface area contributed by atoms with Gasteiger partial charge in [-0.3, -0.25) is 9.59 Å². The molecule has 0 bridgehead atoms. The second-order valence-corrected chi connectivity index (χ2v) is 10.4. The van der Waals surface area contributed by atoms with Crippen LogP contribution < -0.4 is 0 Å². The van der Waals surface area contributed by atoms with Crippen LogP contribution in [0.4, 0.5) is 0 Å². The van der Waals surface area contributed by atoms with Gasteiger partial charge in [0.25, 0.3) is 0 Å². The first-order valence-corrected chi connectivity index (χ1v) is 14.9. The van der Waals surface area contributed by atoms with Gasteiger partial charge in [-0.2, -0.15) is 0 Å². The van der Waals surface area contributed by atoms with Gasteiger partial charge < -0.3 is 9.47 Å². The van der Waals surface area contributed by atoms with Crippen molar-refractivity contribution in [3.63, 3.8) is 0 Å². The van der Waals surface area contributed by atoms with E-state index < -0.39 is 6.10 Å². The average Bonchev–Trinajstić information content (AvgIpc) is 2.84. The Balaban J connectivity index is 3.70. The molecule has 0 saturated heterocycles. The van der Waals surface area contributed by atoms with Gasteiger partial charge in [-0.05, 0) is 31.8 Å². The highest BCUT2D eigenvalue weighted by Crippen LogP contribution is 2.16. The summed E-state index contributed by atoms with van der Waals surface area (Å²) in [5.41, 5.74) is 0.751. The zero-order valence-corrected chi connectivity index (χ0v) is 24.1. The van der Waals surface area contributed by atoms with Gasteiger partial charge >= 0.3 is 11.9 Å². The number of ether oxygens (including phenoxy) is 2. The Morgan fingerprint density at radius 2 is 1.22 bits per heavy atom. The van der Waals surface area contributed by atoms with Crippen molar-refractivity contribution in [2.24, 2.45) is 5.92 Å². The molecular weight excluding hydrogens is 448 g/mol. The van der Waals surface area contributed by atoms with Crippen molar-refractivity contribution < 1.29 is 19.1 Å². The molecule has 2 atom stereocenters. The zero-order valence-electron chi connectivity index (χ0n) is 24.1. The Bertz CT molecular complexity index is 628. The van der Waals surface area contributed by atoms with Crippen LogP contribution >= 0.6 is 0 Å². The minimum atomic E-state index is -0.429. The minimum Gasteiger partial charge on any atom is -0.466 e. The zero-order chi connectivity index (χ0) is 26.9. The molecule has 0 N–H and O–H groups in total. The van der Waals surface area contributed by atoms with Crippen LogP contribution in [0.5, 0.6) is 0 Å². The molecule has 0 aliphatic carbocycles. The van der Waals surface area contributed by atoms with Crippen molar-refractivity contribution in [2.75, 3.05) is 6.61 Å². The van der Waals surface area contributed by atoms with E-state index in [9.17, 15) is 9.59 Å². The van der Waals surface area contributed by atoms with E-state index in [-0.39, 0.29) is 30.7 Å². The summed E-state index contributed by atoms with van der Waals surface area (Å²) in [4.78, 5) is 24.2. The van der Waals surface area contributed by atoms with Crippen molar-refractivity contribution in [1.82, 2.24) is 0 Å². The number of hydrogen-bond donors (Lipinski definition) is 0. The topological polar surface area (TPSA) is 52.6 Å². The number of allylic oxidation sites excluding steroid dienone is 1. The molecule has 0 spiro atoms. The number of hydrogen-bond acceptors (Lipinski definition) is 4. The lowest BCUT2D eigenvalue weighted by Crippen LogP contribution is -2.24. The molecule has 0 aliphatic heterocycles. The first-order valence-electron chi connectivity index (χ1n) is 14.9. The molecule has 0 heterocycles. The largest absolute Gasteiger partial charge is 0.466 e. The standard InChI is InChI=1S/C32H56O4/c1-6-8-9-10-11-12-13-14-15-16-17-18-19-20-27-35-31(33)23-21-24-32(34)36-30(26-25-28(3)4)29(5)22-7-2/h29-30H,3,6-24,27H2,1-2,4-5H3. The third-order valence-corrected chi connectivity index (χ3v) is 6.47. The fraction of sp³-hybridized carbons (Fsp3) is 0.812. The molecule has 0 aromatic rings. The summed E-state index contributed by atoms with van der Waals surface area (Å²) < 4.78 is 10.9. The Kier molecular flexibility index (Phi) is 23.7. The summed E-state index contributed by atoms with van der Waals surface area (Å²) in [7, 11) is 0. The Morgan fingerprint density at radius 1 is 0.722 bits per heavy atom. The highest BCUT2D eigenvalue weighted by molar-refractivity contribution is 5.72. The highest BCUT2D eigenvalue weighted by atomic mass is 16.5. The van der Waals surface area contributed by atoms with Crippen molar-refractivity contribution in [1.29, 1.82) is 0 Å². The molecule has 0 fully saturated rings. The monoisotopic (exact) mass is 504 g/mol. The van der Waals surface area contributed by atoms with Gasteiger partial charge in [-0.1, -0.05) is 129 Å². The molecule has 0 aromatic heterocycles. The van der Waals surface area contributed by atoms with E-state index in [1.165, 1.54) is 77.0 Å². The lowest BCUT2D eigenvalue weighted by atomic mass is 9.99. The summed E-state index contributed by atoms with van der Waals surface area (Å²) in [6.45, 7) is 12.5. The van der Waals surface area contributed by atoms with Gasteiger partial charge in [-0.15, -0.1) is 0 Å². The van der Waals surface area contributed by atoms with Gasteiger partial charge in [0.15, 0.2) is 6.10 Å². The lowest BCUT2D eigenvalue weighted by Gasteiger charge is -2.19. The Hall–Kier alpha value is -1.76. The summed E-state index contributed by atoms with van der Waals surface area (Å²) >= 11 is 0. The minimum absolute atomic E-state index is 0.167. The number of esters is 2. The predicted octanol–water partition coefficient (Wildman–Crippen LogP) is 9.11. The maximum Gasteiger partial charge on any atom is 0.307 e. The van der Waals surface area contributed by atoms with E-state index in [0.717, 1.165) is 31.3 Å². The van der Waals surface area contributed by atoms with Crippen LogP contribution in [-0.4, -0.2) is 24.6 Å². The van der Waals surface area contributed by atoms with E-state index in [0.29, 0.717) is 13.0 Å². The van der Waals surface area contributed by atoms with E-state index in [2.05, 4.69) is 32.3 Å². The molecule has 36 heavy (non-hydrogen) atoms. The van der Waals surface area contributed by atoms with Gasteiger partial charge in [0.05, 0.1) is 6.61 Å². The molecular formula is C32H56O4. The van der Waals surface area contributed by atoms with Crippen LogP contribution in [0.2, 0.25) is 0 Å². The smallest absolute Gasteiger partial charge is 0.307 e. The molecule has 4 nitrogen and oxygen atoms in total. The molecule has 4 heteroatoms. The average molecular weight is 505 g/mol. The van der Waals surface area contributed by atoms with Gasteiger partial charge in [-0.25, -0.2) is 0 Å². The third kappa shape index (κ3) is 22.7. The first kappa shape index (κ1) is 34.2. The summed E-state index contributed by atoms with van der Waals surface area (Å²) in [6.07, 6.45) is 20.7. The van der Waals surface area contributed by atoms with Crippen LogP contribution in [0.25, 0.3) is 0 Å². The maximum absolute atomic E-state index is 12.2. The van der Waals surface area contributed by atoms with Crippen molar-refractivity contribution in [3.8, 4) is 11.8 Å². The van der Waals surface area contributed by atoms with E-state index in [1.54, 1.807) is 0 Å². The molecule has 0 aromatic carbocycles. The molecule has 2 unspecified atom stereocenters. The highest BCUT2D eigenvalue weighted by Gasteiger charge is 2.19. The van der Waals surface area contributed by atoms with E-state index >= 15 is 0 Å². The van der Waals surface area contributed by atoms with Crippen LogP contribution in [0.3, 0.4) is 0 Å². The number of unbranched alkanes of at least 4 members (excludes halogenated alkanes) is 13. The SMILES string of the molecule is C=C(C)C#CC(OC(=O)CCCC(=O)OCCCCCCCCCCCCCCCC)C(C)CCC. The molecule has 0 aliphatic rings. The molecule has 0 amide bonds. The number of carbonyl (C=O) groups excluding carboxylic acids is 2. The van der Waals surface area contributed by atoms with Crippen LogP contribution in [0, 0.1) is 17.8 Å². The van der Waals surface area contributed by atoms with Crippen molar-refractivity contribution >= 4 is 11.9 Å². The predicted molar refractivity (Wildman–Crippen MR) is 152 cm³/mol. The summed E-state index contributed by atoms with van der Waals surface area (Å²) in [6, 6.07) is 0. The van der Waals surface area contributed by atoms with Crippen LogP contribution in [-0.2, 0) is 19.1 Å². The van der Waals surface area contributed by atoms with Gasteiger partial charge in [0.2, 0.25) is 0 Å². The maximum atomic E-state index is 12.2. The van der Waals surface area contributed by atoms with Gasteiger partial charge in [0, 0.05) is 18.8 Å². The third-order valence-electron chi connectivity index (χ3n) is 6.47. The number of rotatable bonds is 23. The van der Waals surface area contributed by atoms with Gasteiger partial charge in [0.1, 0.15) is 0 Å². The van der Waals surface area contributed by atoms with Crippen LogP contribution in [0.1, 0.15) is 150 Å². The van der Waals surface area contributed by atoms with Crippen molar-refractivity contribution in [3.05, 3.63) is 12.2 Å². The second-order valence-electron chi connectivity index (χ2n) is 10.4. The quantitative estimate of drug-likeness (QED) is 0.0791. The van der Waals surface area contributed by atoms with Crippen LogP contribution in [0.15, 0.2) is 12.2 Å². The fourth-order valence-electron chi connectivity index (χ4n) is 4.22. The number of carbonyl (C=O) groups is 2. The Morgan fingerprint density at radius 3 is 1.72 bits per heavy atom. The molecule has 208 valence electrons. The first-order chi connectivity index (χ1) is 17.4. The second kappa shape index (κ2) is 24.9. The van der Waals surface area contributed by atoms with E-state index in [4.69, 9.17) is 9.47 Å². The summed E-state index contributed by atoms with van der Waals surface area (Å²) in [5, 5.41) is 0. The van der Waals surface area contributed by atoms with Crippen molar-refractivity contribution in [2.45, 2.75) is 156 Å².